The van der Waals surface area contributed by atoms with Gasteiger partial charge in [0, 0.05) is 0 Å². The van der Waals surface area contributed by atoms with Crippen LogP contribution in [0.25, 0.3) is 6.08 Å². The molecule has 7 nitrogen and oxygen atoms in total. The van der Waals surface area contributed by atoms with E-state index in [1.165, 1.54) is 10.5 Å². The molecular formula is C28H32BNO6. The summed E-state index contributed by atoms with van der Waals surface area (Å²) in [5, 5.41) is 19.9. The average Bonchev–Trinajstić information content (AvgIpc) is 3.43. The first-order valence-corrected chi connectivity index (χ1v) is 12.8. The number of anilines is 1. The minimum atomic E-state index is -0.977. The second-order valence-electron chi connectivity index (χ2n) is 10.00. The van der Waals surface area contributed by atoms with Crippen LogP contribution in [0.4, 0.5) is 5.69 Å². The molecule has 2 aliphatic heterocycles. The fourth-order valence-corrected chi connectivity index (χ4v) is 6.18. The second-order valence-corrected chi connectivity index (χ2v) is 10.00. The molecule has 0 bridgehead atoms. The third-order valence-corrected chi connectivity index (χ3v) is 7.83. The van der Waals surface area contributed by atoms with E-state index in [1.807, 2.05) is 37.3 Å². The molecule has 1 aromatic heterocycles. The zero-order valence-corrected chi connectivity index (χ0v) is 20.7. The maximum absolute atomic E-state index is 13.6. The number of aliphatic hydroxyl groups is 1. The van der Waals surface area contributed by atoms with Crippen LogP contribution in [-0.4, -0.2) is 35.2 Å². The molecule has 1 aromatic carbocycles. The summed E-state index contributed by atoms with van der Waals surface area (Å²) in [6.07, 6.45) is 4.76. The van der Waals surface area contributed by atoms with Crippen molar-refractivity contribution in [3.05, 3.63) is 70.7 Å². The topological polar surface area (TPSA) is 100 Å². The van der Waals surface area contributed by atoms with Crippen molar-refractivity contribution in [1.29, 1.82) is 0 Å². The Kier molecular flexibility index (Phi) is 7.01. The first-order valence-electron chi connectivity index (χ1n) is 12.8. The summed E-state index contributed by atoms with van der Waals surface area (Å²) in [7, 11) is -0.977. The zero-order chi connectivity index (χ0) is 25.4. The Labute approximate surface area is 211 Å². The van der Waals surface area contributed by atoms with Gasteiger partial charge in [-0.25, -0.2) is 0 Å². The third-order valence-electron chi connectivity index (χ3n) is 7.83. The molecule has 1 aliphatic carbocycles. The van der Waals surface area contributed by atoms with E-state index in [0.717, 1.165) is 24.0 Å². The maximum atomic E-state index is 13.6. The van der Waals surface area contributed by atoms with Crippen molar-refractivity contribution in [2.75, 3.05) is 4.90 Å². The number of rotatable bonds is 7. The van der Waals surface area contributed by atoms with Crippen LogP contribution >= 0.6 is 0 Å². The van der Waals surface area contributed by atoms with Gasteiger partial charge in [0.05, 0.1) is 23.6 Å². The van der Waals surface area contributed by atoms with Crippen molar-refractivity contribution in [3.8, 4) is 0 Å². The number of aliphatic hydroxyl groups excluding tert-OH is 1. The predicted octanol–water partition coefficient (Wildman–Crippen LogP) is 4.37. The summed E-state index contributed by atoms with van der Waals surface area (Å²) in [6.45, 7) is 3.98. The van der Waals surface area contributed by atoms with E-state index in [0.29, 0.717) is 36.4 Å². The van der Waals surface area contributed by atoms with E-state index in [1.54, 1.807) is 18.2 Å². The Morgan fingerprint density at radius 2 is 1.92 bits per heavy atom. The zero-order valence-electron chi connectivity index (χ0n) is 20.7. The molecule has 3 heterocycles. The van der Waals surface area contributed by atoms with Crippen molar-refractivity contribution >= 4 is 30.7 Å². The fraction of sp³-hybridized carbons (Fsp3) is 0.429. The van der Waals surface area contributed by atoms with Crippen LogP contribution in [-0.2, 0) is 20.9 Å². The van der Waals surface area contributed by atoms with Gasteiger partial charge in [-0.1, -0.05) is 36.3 Å². The molecule has 188 valence electrons. The summed E-state index contributed by atoms with van der Waals surface area (Å²) < 4.78 is 11.6. The monoisotopic (exact) mass is 489 g/mol. The molecular weight excluding hydrogens is 457 g/mol. The van der Waals surface area contributed by atoms with E-state index in [2.05, 4.69) is 6.92 Å². The van der Waals surface area contributed by atoms with Crippen LogP contribution in [0.15, 0.2) is 63.6 Å². The van der Waals surface area contributed by atoms with Gasteiger partial charge in [-0.3, -0.25) is 14.5 Å². The summed E-state index contributed by atoms with van der Waals surface area (Å²) in [5.74, 6) is -0.188. The summed E-state index contributed by atoms with van der Waals surface area (Å²) >= 11 is 0. The quantitative estimate of drug-likeness (QED) is 0.341. The summed E-state index contributed by atoms with van der Waals surface area (Å²) in [4.78, 5) is 28.3. The van der Waals surface area contributed by atoms with Crippen molar-refractivity contribution in [1.82, 2.24) is 0 Å². The Morgan fingerprint density at radius 3 is 2.61 bits per heavy atom. The van der Waals surface area contributed by atoms with Crippen molar-refractivity contribution in [2.45, 2.75) is 58.6 Å². The minimum Gasteiger partial charge on any atom is -0.459 e. The van der Waals surface area contributed by atoms with Crippen molar-refractivity contribution in [3.63, 3.8) is 0 Å². The first-order chi connectivity index (χ1) is 17.4. The van der Waals surface area contributed by atoms with Gasteiger partial charge >= 0.3 is 7.12 Å². The molecule has 0 saturated carbocycles. The van der Waals surface area contributed by atoms with E-state index < -0.39 is 19.0 Å². The third kappa shape index (κ3) is 4.49. The van der Waals surface area contributed by atoms with Gasteiger partial charge in [0.2, 0.25) is 11.8 Å². The van der Waals surface area contributed by atoms with Gasteiger partial charge in [-0.05, 0) is 80.8 Å². The largest absolute Gasteiger partial charge is 0.459 e. The predicted molar refractivity (Wildman–Crippen MR) is 137 cm³/mol. The molecule has 2 N–H and O–H groups in total. The maximum Gasteiger partial charge on any atom is 0.455 e. The number of carbonyl (C=O) groups is 2. The molecule has 0 unspecified atom stereocenters. The lowest BCUT2D eigenvalue weighted by Crippen LogP contribution is -2.46. The molecule has 2 fully saturated rings. The lowest BCUT2D eigenvalue weighted by atomic mass is 9.59. The summed E-state index contributed by atoms with van der Waals surface area (Å²) in [5.41, 5.74) is 3.94. The number of para-hydroxylation sites is 1. The molecule has 0 spiro atoms. The molecule has 2 aromatic rings. The lowest BCUT2D eigenvalue weighted by Gasteiger charge is -2.42. The molecule has 5 rings (SSSR count). The van der Waals surface area contributed by atoms with Crippen LogP contribution in [0.1, 0.15) is 51.1 Å². The number of fused-ring (bicyclic) bond motifs is 3. The second kappa shape index (κ2) is 10.2. The van der Waals surface area contributed by atoms with Crippen molar-refractivity contribution in [2.24, 2.45) is 17.8 Å². The van der Waals surface area contributed by atoms with Gasteiger partial charge < -0.3 is 19.2 Å². The van der Waals surface area contributed by atoms with Crippen LogP contribution in [0.5, 0.6) is 0 Å². The van der Waals surface area contributed by atoms with E-state index in [-0.39, 0.29) is 30.4 Å². The number of amides is 2. The summed E-state index contributed by atoms with van der Waals surface area (Å²) in [6, 6.07) is 12.7. The highest BCUT2D eigenvalue weighted by Gasteiger charge is 2.57. The molecule has 36 heavy (non-hydrogen) atoms. The number of carbonyl (C=O) groups excluding carboxylic acids is 2. The average molecular weight is 489 g/mol. The molecule has 0 radical (unpaired) electrons. The fourth-order valence-electron chi connectivity index (χ4n) is 6.18. The van der Waals surface area contributed by atoms with Crippen LogP contribution in [0.2, 0.25) is 6.32 Å². The van der Waals surface area contributed by atoms with E-state index >= 15 is 0 Å². The van der Waals surface area contributed by atoms with Gasteiger partial charge in [0.1, 0.15) is 18.1 Å². The number of imide groups is 1. The Bertz CT molecular complexity index is 1200. The van der Waals surface area contributed by atoms with Crippen LogP contribution in [0.3, 0.4) is 0 Å². The number of allylic oxidation sites excluding steroid dienone is 2. The minimum absolute atomic E-state index is 0.136. The number of benzene rings is 1. The SMILES string of the molecule is CC/C(=C\c1ccc(CO)o1)CC[C@H]1OB(O)C[C@H]2C1=C(C)C[C@H]1C(=O)N(c3ccccc3)C(=O)[C@H]12. The van der Waals surface area contributed by atoms with Gasteiger partial charge in [-0.15, -0.1) is 0 Å². The van der Waals surface area contributed by atoms with Gasteiger partial charge in [0.15, 0.2) is 0 Å². The molecule has 2 saturated heterocycles. The molecule has 2 amide bonds. The standard InChI is InChI=1S/C28H32BNO6/c1-3-18(14-20-10-11-21(16-31)35-20)9-12-24-25-17(2)13-22-26(23(25)15-29(34)36-24)28(33)30(27(22)32)19-7-5-4-6-8-19/h4-8,10-11,14,22-24,26,31,34H,3,9,12-13,15-16H2,1-2H3/b18-14+/t22-,23+,24-,26-/m1/s1. The Morgan fingerprint density at radius 1 is 1.14 bits per heavy atom. The molecule has 3 aliphatic rings. The van der Waals surface area contributed by atoms with Gasteiger partial charge in [-0.2, -0.15) is 0 Å². The van der Waals surface area contributed by atoms with Crippen LogP contribution in [0, 0.1) is 17.8 Å². The normalized spacial score (nSPS) is 26.5. The highest BCUT2D eigenvalue weighted by Crippen LogP contribution is 2.51. The number of nitrogens with zero attached hydrogens (tertiary/aromatic N) is 1. The Balaban J connectivity index is 1.38. The number of hydrogen-bond acceptors (Lipinski definition) is 6. The molecule has 4 atom stereocenters. The lowest BCUT2D eigenvalue weighted by molar-refractivity contribution is -0.122. The first kappa shape index (κ1) is 24.7. The van der Waals surface area contributed by atoms with Crippen molar-refractivity contribution < 1.29 is 28.8 Å². The highest BCUT2D eigenvalue weighted by atomic mass is 16.5. The molecule has 8 heteroatoms. The highest BCUT2D eigenvalue weighted by molar-refractivity contribution is 6.43. The van der Waals surface area contributed by atoms with E-state index in [9.17, 15) is 19.7 Å². The van der Waals surface area contributed by atoms with Gasteiger partial charge in [0.25, 0.3) is 0 Å². The number of hydrogen-bond donors (Lipinski definition) is 2. The number of furan rings is 1. The Hall–Kier alpha value is -2.94. The smallest absolute Gasteiger partial charge is 0.455 e. The van der Waals surface area contributed by atoms with Crippen LogP contribution < -0.4 is 4.90 Å². The van der Waals surface area contributed by atoms with E-state index in [4.69, 9.17) is 9.07 Å².